The Balaban J connectivity index is 2.13. The summed E-state index contributed by atoms with van der Waals surface area (Å²) in [7, 11) is 0. The fourth-order valence-corrected chi connectivity index (χ4v) is 2.55. The van der Waals surface area contributed by atoms with Gasteiger partial charge in [-0.2, -0.15) is 26.3 Å². The number of anilines is 1. The number of amides is 1. The smallest absolute Gasteiger partial charge is 0.322 e. The Kier molecular flexibility index (Phi) is 6.11. The van der Waals surface area contributed by atoms with Crippen molar-refractivity contribution >= 4 is 40.9 Å². The molecule has 0 saturated carbocycles. The van der Waals surface area contributed by atoms with Crippen molar-refractivity contribution in [3.63, 3.8) is 0 Å². The normalized spacial score (nSPS) is 12.4. The first-order valence-electron chi connectivity index (χ1n) is 7.10. The van der Waals surface area contributed by atoms with E-state index in [4.69, 9.17) is 23.2 Å². The lowest BCUT2D eigenvalue weighted by molar-refractivity contribution is -0.138. The van der Waals surface area contributed by atoms with Gasteiger partial charge in [-0.1, -0.05) is 29.3 Å². The number of rotatable bonds is 3. The van der Waals surface area contributed by atoms with Crippen molar-refractivity contribution in [2.75, 3.05) is 5.32 Å². The molecule has 1 N–H and O–H groups in total. The van der Waals surface area contributed by atoms with Crippen LogP contribution < -0.4 is 5.32 Å². The molecule has 0 radical (unpaired) electrons. The minimum atomic E-state index is -4.65. The first-order valence-corrected chi connectivity index (χ1v) is 7.86. The largest absolute Gasteiger partial charge is 0.417 e. The molecule has 2 rings (SSSR count). The number of carbonyl (C=O) groups is 1. The highest BCUT2D eigenvalue weighted by Gasteiger charge is 2.33. The standard InChI is InChI=1S/C17H9Cl2F6NO/c18-13-5-1-9(7-12(13)17(23,24)25)2-6-15(27)26-10-3-4-11(14(19)8-10)16(20,21)22/h1-8H,(H,26,27)/b6-2+. The molecule has 2 aromatic rings. The van der Waals surface area contributed by atoms with E-state index in [0.29, 0.717) is 6.07 Å². The second kappa shape index (κ2) is 7.82. The Morgan fingerprint density at radius 1 is 0.852 bits per heavy atom. The van der Waals surface area contributed by atoms with Gasteiger partial charge in [0.25, 0.3) is 0 Å². The van der Waals surface area contributed by atoms with E-state index in [1.807, 2.05) is 0 Å². The van der Waals surface area contributed by atoms with Gasteiger partial charge in [0.05, 0.1) is 21.2 Å². The van der Waals surface area contributed by atoms with Crippen LogP contribution in [0.5, 0.6) is 0 Å². The fourth-order valence-electron chi connectivity index (χ4n) is 2.04. The third-order valence-corrected chi connectivity index (χ3v) is 3.91. The molecular formula is C17H9Cl2F6NO. The van der Waals surface area contributed by atoms with Crippen LogP contribution in [-0.4, -0.2) is 5.91 Å². The predicted molar refractivity (Wildman–Crippen MR) is 90.6 cm³/mol. The predicted octanol–water partition coefficient (Wildman–Crippen LogP) is 6.68. The molecule has 0 aliphatic heterocycles. The van der Waals surface area contributed by atoms with Gasteiger partial charge >= 0.3 is 12.4 Å². The SMILES string of the molecule is O=C(/C=C/c1ccc(Cl)c(C(F)(F)F)c1)Nc1ccc(C(F)(F)F)c(Cl)c1. The molecular weight excluding hydrogens is 419 g/mol. The Hall–Kier alpha value is -2.19. The minimum Gasteiger partial charge on any atom is -0.322 e. The van der Waals surface area contributed by atoms with Crippen LogP contribution in [0.1, 0.15) is 16.7 Å². The molecule has 2 nitrogen and oxygen atoms in total. The molecule has 0 saturated heterocycles. The van der Waals surface area contributed by atoms with Gasteiger partial charge in [0.1, 0.15) is 0 Å². The molecule has 27 heavy (non-hydrogen) atoms. The number of halogens is 8. The molecule has 144 valence electrons. The summed E-state index contributed by atoms with van der Waals surface area (Å²) in [5.74, 6) is -0.769. The first kappa shape index (κ1) is 21.1. The summed E-state index contributed by atoms with van der Waals surface area (Å²) in [6.45, 7) is 0. The molecule has 0 heterocycles. The number of hydrogen-bond acceptors (Lipinski definition) is 1. The number of benzene rings is 2. The summed E-state index contributed by atoms with van der Waals surface area (Å²) >= 11 is 11.0. The van der Waals surface area contributed by atoms with Crippen LogP contribution in [0.3, 0.4) is 0 Å². The van der Waals surface area contributed by atoms with Crippen molar-refractivity contribution in [2.24, 2.45) is 0 Å². The van der Waals surface area contributed by atoms with E-state index >= 15 is 0 Å². The zero-order valence-electron chi connectivity index (χ0n) is 13.1. The van der Waals surface area contributed by atoms with E-state index < -0.39 is 39.4 Å². The Morgan fingerprint density at radius 3 is 2.04 bits per heavy atom. The van der Waals surface area contributed by atoms with Crippen LogP contribution in [-0.2, 0) is 17.1 Å². The summed E-state index contributed by atoms with van der Waals surface area (Å²) < 4.78 is 76.2. The van der Waals surface area contributed by atoms with E-state index in [1.165, 1.54) is 6.07 Å². The molecule has 1 amide bonds. The summed E-state index contributed by atoms with van der Waals surface area (Å²) in [5.41, 5.74) is -2.05. The van der Waals surface area contributed by atoms with Crippen molar-refractivity contribution in [2.45, 2.75) is 12.4 Å². The molecule has 10 heteroatoms. The monoisotopic (exact) mass is 427 g/mol. The number of hydrogen-bond donors (Lipinski definition) is 1. The maximum Gasteiger partial charge on any atom is 0.417 e. The van der Waals surface area contributed by atoms with Gasteiger partial charge in [0.2, 0.25) is 5.91 Å². The van der Waals surface area contributed by atoms with Crippen LogP contribution in [0.15, 0.2) is 42.5 Å². The van der Waals surface area contributed by atoms with E-state index in [2.05, 4.69) is 5.32 Å². The zero-order chi connectivity index (χ0) is 20.4. The first-order chi connectivity index (χ1) is 12.4. The highest BCUT2D eigenvalue weighted by Crippen LogP contribution is 2.36. The molecule has 0 aromatic heterocycles. The quantitative estimate of drug-likeness (QED) is 0.429. The van der Waals surface area contributed by atoms with E-state index in [1.54, 1.807) is 0 Å². The summed E-state index contributed by atoms with van der Waals surface area (Å²) in [6, 6.07) is 5.70. The van der Waals surface area contributed by atoms with E-state index in [9.17, 15) is 31.1 Å². The van der Waals surface area contributed by atoms with Gasteiger partial charge in [-0.05, 0) is 42.0 Å². The third-order valence-electron chi connectivity index (χ3n) is 3.26. The van der Waals surface area contributed by atoms with Gasteiger partial charge in [-0.25, -0.2) is 0 Å². The van der Waals surface area contributed by atoms with Crippen molar-refractivity contribution < 1.29 is 31.1 Å². The van der Waals surface area contributed by atoms with Crippen LogP contribution in [0, 0.1) is 0 Å². The zero-order valence-corrected chi connectivity index (χ0v) is 14.6. The number of alkyl halides is 6. The van der Waals surface area contributed by atoms with Crippen molar-refractivity contribution in [3.8, 4) is 0 Å². The van der Waals surface area contributed by atoms with Gasteiger partial charge in [0.15, 0.2) is 0 Å². The number of carbonyl (C=O) groups excluding carboxylic acids is 1. The molecule has 0 spiro atoms. The Bertz CT molecular complexity index is 890. The van der Waals surface area contributed by atoms with Crippen LogP contribution in [0.25, 0.3) is 6.08 Å². The maximum absolute atomic E-state index is 12.8. The molecule has 0 aliphatic carbocycles. The maximum atomic E-state index is 12.8. The highest BCUT2D eigenvalue weighted by molar-refractivity contribution is 6.32. The van der Waals surface area contributed by atoms with Crippen LogP contribution in [0.2, 0.25) is 10.0 Å². The van der Waals surface area contributed by atoms with Crippen LogP contribution in [0.4, 0.5) is 32.0 Å². The van der Waals surface area contributed by atoms with E-state index in [-0.39, 0.29) is 11.3 Å². The van der Waals surface area contributed by atoms with Crippen LogP contribution >= 0.6 is 23.2 Å². The van der Waals surface area contributed by atoms with Crippen molar-refractivity contribution in [1.29, 1.82) is 0 Å². The van der Waals surface area contributed by atoms with Crippen molar-refractivity contribution in [1.82, 2.24) is 0 Å². The van der Waals surface area contributed by atoms with Gasteiger partial charge in [-0.15, -0.1) is 0 Å². The molecule has 0 unspecified atom stereocenters. The molecule has 2 aromatic carbocycles. The number of nitrogens with one attached hydrogen (secondary N) is 1. The van der Waals surface area contributed by atoms with Gasteiger partial charge in [-0.3, -0.25) is 4.79 Å². The molecule has 0 bridgehead atoms. The van der Waals surface area contributed by atoms with Gasteiger partial charge < -0.3 is 5.32 Å². The average molecular weight is 428 g/mol. The average Bonchev–Trinajstić information content (AvgIpc) is 2.51. The summed E-state index contributed by atoms with van der Waals surface area (Å²) in [6.07, 6.45) is -7.26. The second-order valence-electron chi connectivity index (χ2n) is 5.25. The lowest BCUT2D eigenvalue weighted by Gasteiger charge is -2.10. The summed E-state index contributed by atoms with van der Waals surface area (Å²) in [5, 5.41) is 1.18. The topological polar surface area (TPSA) is 29.1 Å². The lowest BCUT2D eigenvalue weighted by atomic mass is 10.1. The highest BCUT2D eigenvalue weighted by atomic mass is 35.5. The van der Waals surface area contributed by atoms with Gasteiger partial charge in [0, 0.05) is 11.8 Å². The molecule has 0 atom stereocenters. The molecule has 0 fully saturated rings. The lowest BCUT2D eigenvalue weighted by Crippen LogP contribution is -2.10. The van der Waals surface area contributed by atoms with E-state index in [0.717, 1.165) is 36.4 Å². The third kappa shape index (κ3) is 5.64. The molecule has 0 aliphatic rings. The second-order valence-corrected chi connectivity index (χ2v) is 6.07. The Morgan fingerprint density at radius 2 is 1.48 bits per heavy atom. The fraction of sp³-hybridized carbons (Fsp3) is 0.118. The minimum absolute atomic E-state index is 0.00487. The van der Waals surface area contributed by atoms with Crippen molar-refractivity contribution in [3.05, 3.63) is 69.2 Å². The Labute approximate surface area is 159 Å². The summed E-state index contributed by atoms with van der Waals surface area (Å²) in [4.78, 5) is 11.8.